The van der Waals surface area contributed by atoms with Crippen LogP contribution in [0.15, 0.2) is 64.1 Å². The van der Waals surface area contributed by atoms with E-state index in [1.54, 1.807) is 0 Å². The highest BCUT2D eigenvalue weighted by atomic mass is 16.4. The number of rotatable bonds is 8. The first kappa shape index (κ1) is 30.8. The largest absolute Gasteiger partial charge is 0.446 e. The predicted octanol–water partition coefficient (Wildman–Crippen LogP) is 3.80. The van der Waals surface area contributed by atoms with Crippen LogP contribution in [-0.4, -0.2) is 54.8 Å². The summed E-state index contributed by atoms with van der Waals surface area (Å²) < 4.78 is 33.8. The number of fused-ring (bicyclic) bond motifs is 16. The zero-order valence-corrected chi connectivity index (χ0v) is 25.4. The number of nitrogens with zero attached hydrogens (tertiary/aromatic N) is 6. The third kappa shape index (κ3) is 6.38. The van der Waals surface area contributed by atoms with Crippen molar-refractivity contribution in [2.24, 2.45) is 11.5 Å². The predicted molar refractivity (Wildman–Crippen MR) is 161 cm³/mol. The summed E-state index contributed by atoms with van der Waals surface area (Å²) in [6.07, 6.45) is 11.5. The monoisotopic (exact) mass is 658 g/mol. The Morgan fingerprint density at radius 1 is 0.479 bits per heavy atom. The molecular formula is C30H30N10O8. The van der Waals surface area contributed by atoms with Gasteiger partial charge in [-0.25, -0.2) is 29.9 Å². The lowest BCUT2D eigenvalue weighted by atomic mass is 10.1. The van der Waals surface area contributed by atoms with E-state index in [0.29, 0.717) is 45.2 Å². The van der Waals surface area contributed by atoms with Gasteiger partial charge < -0.3 is 48.6 Å². The molecule has 0 saturated heterocycles. The number of carbonyl (C=O) groups excluding carboxylic acids is 2. The molecule has 7 rings (SSSR count). The molecule has 6 aromatic rings. The molecule has 0 unspecified atom stereocenters. The Morgan fingerprint density at radius 2 is 0.812 bits per heavy atom. The Hall–Kier alpha value is -5.88. The lowest BCUT2D eigenvalue weighted by Crippen LogP contribution is -2.30. The van der Waals surface area contributed by atoms with Crippen molar-refractivity contribution in [1.29, 1.82) is 0 Å². The van der Waals surface area contributed by atoms with Gasteiger partial charge in [-0.2, -0.15) is 0 Å². The number of oxazole rings is 6. The van der Waals surface area contributed by atoms with Crippen LogP contribution in [0.3, 0.4) is 0 Å². The lowest BCUT2D eigenvalue weighted by molar-refractivity contribution is 0.0916. The highest BCUT2D eigenvalue weighted by Gasteiger charge is 2.28. The smallest absolute Gasteiger partial charge is 0.273 e. The van der Waals surface area contributed by atoms with Crippen LogP contribution >= 0.6 is 0 Å². The van der Waals surface area contributed by atoms with Crippen molar-refractivity contribution in [3.05, 3.63) is 60.7 Å². The first-order chi connectivity index (χ1) is 23.5. The van der Waals surface area contributed by atoms with Gasteiger partial charge in [0.2, 0.25) is 35.3 Å². The van der Waals surface area contributed by atoms with Crippen LogP contribution in [0.2, 0.25) is 0 Å². The normalized spacial score (nSPS) is 16.4. The molecule has 2 atom stereocenters. The van der Waals surface area contributed by atoms with Gasteiger partial charge in [0.1, 0.15) is 49.7 Å². The second-order valence-corrected chi connectivity index (χ2v) is 10.9. The molecule has 6 aromatic heterocycles. The van der Waals surface area contributed by atoms with Gasteiger partial charge in [-0.1, -0.05) is 0 Å². The Labute approximate surface area is 270 Å². The second kappa shape index (κ2) is 13.5. The van der Waals surface area contributed by atoms with Crippen LogP contribution < -0.4 is 22.1 Å². The Morgan fingerprint density at radius 3 is 1.27 bits per heavy atom. The number of aromatic nitrogens is 6. The van der Waals surface area contributed by atoms with Crippen molar-refractivity contribution in [3.8, 4) is 46.3 Å². The molecule has 12 bridgehead atoms. The molecule has 0 aliphatic carbocycles. The average Bonchev–Trinajstić information content (AvgIpc) is 3.94. The summed E-state index contributed by atoms with van der Waals surface area (Å²) in [5.41, 5.74) is 12.4. The zero-order chi connectivity index (χ0) is 33.0. The molecule has 1 aliphatic heterocycles. The summed E-state index contributed by atoms with van der Waals surface area (Å²) in [4.78, 5) is 53.1. The van der Waals surface area contributed by atoms with Gasteiger partial charge in [0, 0.05) is 0 Å². The van der Waals surface area contributed by atoms with Crippen molar-refractivity contribution >= 4 is 11.8 Å². The van der Waals surface area contributed by atoms with Crippen LogP contribution in [-0.2, 0) is 0 Å². The molecule has 18 heteroatoms. The van der Waals surface area contributed by atoms with Gasteiger partial charge in [-0.05, 0) is 51.6 Å². The molecule has 7 heterocycles. The minimum Gasteiger partial charge on any atom is -0.446 e. The molecule has 0 aromatic carbocycles. The SMILES string of the molecule is NCCCC[C@@H]1NC(=O)c2coc(n2)-c2coc(n2)-c2coc(n2)-c2coc(n2)-c2coc(n2)[C@H](CCCCN)NC(=O)c2coc1n2. The van der Waals surface area contributed by atoms with E-state index in [1.807, 2.05) is 0 Å². The highest BCUT2D eigenvalue weighted by Crippen LogP contribution is 2.30. The minimum absolute atomic E-state index is 0.00125. The maximum absolute atomic E-state index is 13.4. The van der Waals surface area contributed by atoms with E-state index in [-0.39, 0.29) is 69.5 Å². The molecule has 0 radical (unpaired) electrons. The van der Waals surface area contributed by atoms with Crippen molar-refractivity contribution in [3.63, 3.8) is 0 Å². The van der Waals surface area contributed by atoms with Gasteiger partial charge in [0.15, 0.2) is 34.2 Å². The summed E-state index contributed by atoms with van der Waals surface area (Å²) in [6, 6.07) is -1.34. The molecule has 0 saturated carbocycles. The second-order valence-electron chi connectivity index (χ2n) is 10.9. The van der Waals surface area contributed by atoms with Gasteiger partial charge in [-0.15, -0.1) is 0 Å². The average molecular weight is 659 g/mol. The number of carbonyl (C=O) groups is 2. The highest BCUT2D eigenvalue weighted by molar-refractivity contribution is 5.93. The standard InChI is InChI=1S/C30H30N10O8/c31-7-3-1-5-15-25-35-17(9-43-25)23(41)34-16(6-2-4-8-32)26-37-20(11-45-26)28-39-22(13-47-28)30-40-21(14-48-30)29-38-19(12-46-29)27-36-18(10-44-27)24(42)33-15/h9-16H,1-8,31-32H2,(H,33,42)(H,34,41)/t15-,16-/m0/s1. The third-order valence-electron chi connectivity index (χ3n) is 7.50. The fraction of sp³-hybridized carbons (Fsp3) is 0.333. The van der Waals surface area contributed by atoms with Crippen LogP contribution in [0.5, 0.6) is 0 Å². The fourth-order valence-corrected chi connectivity index (χ4v) is 5.03. The molecule has 0 fully saturated rings. The number of unbranched alkanes of at least 4 members (excludes halogenated alkanes) is 2. The van der Waals surface area contributed by atoms with E-state index < -0.39 is 23.9 Å². The zero-order valence-electron chi connectivity index (χ0n) is 25.4. The summed E-state index contributed by atoms with van der Waals surface area (Å²) in [7, 11) is 0. The Bertz CT molecular complexity index is 2010. The number of hydrogen-bond donors (Lipinski definition) is 4. The van der Waals surface area contributed by atoms with Crippen molar-refractivity contribution in [2.75, 3.05) is 13.1 Å². The molecule has 248 valence electrons. The molecular weight excluding hydrogens is 628 g/mol. The number of amides is 2. The Balaban J connectivity index is 1.25. The molecule has 18 nitrogen and oxygen atoms in total. The lowest BCUT2D eigenvalue weighted by Gasteiger charge is -2.15. The van der Waals surface area contributed by atoms with Crippen molar-refractivity contribution < 1.29 is 36.1 Å². The van der Waals surface area contributed by atoms with Crippen LogP contribution in [0, 0.1) is 0 Å². The summed E-state index contributed by atoms with van der Waals surface area (Å²) >= 11 is 0. The summed E-state index contributed by atoms with van der Waals surface area (Å²) in [6.45, 7) is 0.947. The molecule has 2 amide bonds. The van der Waals surface area contributed by atoms with E-state index >= 15 is 0 Å². The van der Waals surface area contributed by atoms with E-state index in [2.05, 4.69) is 40.5 Å². The Kier molecular flexibility index (Phi) is 8.63. The van der Waals surface area contributed by atoms with Crippen molar-refractivity contribution in [2.45, 2.75) is 50.6 Å². The van der Waals surface area contributed by atoms with Gasteiger partial charge in [0.05, 0.1) is 0 Å². The first-order valence-corrected chi connectivity index (χ1v) is 15.3. The topological polar surface area (TPSA) is 266 Å². The first-order valence-electron chi connectivity index (χ1n) is 15.3. The molecule has 48 heavy (non-hydrogen) atoms. The van der Waals surface area contributed by atoms with Crippen LogP contribution in [0.4, 0.5) is 0 Å². The van der Waals surface area contributed by atoms with Gasteiger partial charge in [0.25, 0.3) is 11.8 Å². The summed E-state index contributed by atoms with van der Waals surface area (Å²) in [5, 5.41) is 5.79. The van der Waals surface area contributed by atoms with Gasteiger partial charge >= 0.3 is 0 Å². The van der Waals surface area contributed by atoms with E-state index in [4.69, 9.17) is 38.0 Å². The maximum atomic E-state index is 13.4. The van der Waals surface area contributed by atoms with Crippen molar-refractivity contribution in [1.82, 2.24) is 40.5 Å². The fourth-order valence-electron chi connectivity index (χ4n) is 5.03. The summed E-state index contributed by atoms with van der Waals surface area (Å²) in [5.74, 6) is -0.299. The quantitative estimate of drug-likeness (QED) is 0.169. The third-order valence-corrected chi connectivity index (χ3v) is 7.50. The van der Waals surface area contributed by atoms with Crippen LogP contribution in [0.1, 0.15) is 83.4 Å². The number of nitrogens with one attached hydrogen (secondary N) is 2. The van der Waals surface area contributed by atoms with Gasteiger partial charge in [-0.3, -0.25) is 9.59 Å². The molecule has 1 aliphatic rings. The number of nitrogens with two attached hydrogens (primary N) is 2. The van der Waals surface area contributed by atoms with Crippen LogP contribution in [0.25, 0.3) is 46.3 Å². The molecule has 0 spiro atoms. The minimum atomic E-state index is -0.698. The van der Waals surface area contributed by atoms with E-state index in [0.717, 1.165) is 6.42 Å². The van der Waals surface area contributed by atoms with E-state index in [9.17, 15) is 9.59 Å². The molecule has 6 N–H and O–H groups in total. The number of hydrogen-bond acceptors (Lipinski definition) is 16. The maximum Gasteiger partial charge on any atom is 0.273 e. The van der Waals surface area contributed by atoms with E-state index in [1.165, 1.54) is 37.6 Å².